The smallest absolute Gasteiger partial charge is 0.234 e. The first-order valence-electron chi connectivity index (χ1n) is 6.94. The number of primary amides is 1. The lowest BCUT2D eigenvalue weighted by Gasteiger charge is -2.33. The maximum Gasteiger partial charge on any atom is 0.234 e. The number of rotatable bonds is 3. The summed E-state index contributed by atoms with van der Waals surface area (Å²) in [6, 6.07) is -0.424. The third-order valence-corrected chi connectivity index (χ3v) is 4.24. The fourth-order valence-corrected chi connectivity index (χ4v) is 3.27. The van der Waals surface area contributed by atoms with E-state index in [1.807, 2.05) is 4.90 Å². The van der Waals surface area contributed by atoms with Crippen molar-refractivity contribution in [2.24, 2.45) is 5.73 Å². The average molecular weight is 256 g/mol. The molecule has 0 radical (unpaired) electrons. The Hall–Kier alpha value is -0.650. The third kappa shape index (κ3) is 3.22. The van der Waals surface area contributed by atoms with Crippen molar-refractivity contribution in [3.63, 3.8) is 0 Å². The first kappa shape index (κ1) is 13.8. The van der Waals surface area contributed by atoms with Crippen LogP contribution >= 0.6 is 0 Å². The molecule has 5 nitrogen and oxygen atoms in total. The number of nitrogens with zero attached hydrogens (tertiary/aromatic N) is 1. The van der Waals surface area contributed by atoms with Gasteiger partial charge < -0.3 is 15.9 Å². The van der Waals surface area contributed by atoms with Crippen molar-refractivity contribution in [1.29, 1.82) is 0 Å². The molecule has 5 heteroatoms. The van der Waals surface area contributed by atoms with Crippen molar-refractivity contribution in [3.8, 4) is 0 Å². The number of nitrogens with two attached hydrogens (primary N) is 1. The molecule has 2 rings (SSSR count). The van der Waals surface area contributed by atoms with Crippen LogP contribution in [0.5, 0.6) is 0 Å². The molecule has 0 bridgehead atoms. The molecule has 2 aliphatic rings. The van der Waals surface area contributed by atoms with E-state index in [1.165, 1.54) is 12.8 Å². The topological polar surface area (TPSA) is 86.8 Å². The van der Waals surface area contributed by atoms with E-state index in [-0.39, 0.29) is 0 Å². The van der Waals surface area contributed by atoms with E-state index in [2.05, 4.69) is 0 Å². The Labute approximate surface area is 108 Å². The SMILES string of the molecule is NC(=O)[C@@H]1C[C@@H](O)CN1CC1(O)CCCCCC1. The minimum absolute atomic E-state index is 0.394. The second-order valence-corrected chi connectivity index (χ2v) is 5.88. The van der Waals surface area contributed by atoms with Gasteiger partial charge in [0.15, 0.2) is 0 Å². The zero-order chi connectivity index (χ0) is 13.2. The van der Waals surface area contributed by atoms with E-state index in [9.17, 15) is 15.0 Å². The van der Waals surface area contributed by atoms with E-state index in [1.54, 1.807) is 0 Å². The second kappa shape index (κ2) is 5.55. The molecule has 1 aliphatic heterocycles. The molecule has 0 spiro atoms. The predicted octanol–water partition coefficient (Wildman–Crippen LogP) is -0.00780. The van der Waals surface area contributed by atoms with Crippen LogP contribution < -0.4 is 5.73 Å². The van der Waals surface area contributed by atoms with E-state index in [0.717, 1.165) is 25.7 Å². The maximum atomic E-state index is 11.4. The van der Waals surface area contributed by atoms with Gasteiger partial charge in [-0.15, -0.1) is 0 Å². The van der Waals surface area contributed by atoms with Crippen LogP contribution in [-0.2, 0) is 4.79 Å². The summed E-state index contributed by atoms with van der Waals surface area (Å²) in [5, 5.41) is 20.3. The van der Waals surface area contributed by atoms with Gasteiger partial charge in [0.05, 0.1) is 17.7 Å². The molecule has 4 N–H and O–H groups in total. The molecular formula is C13H24N2O3. The second-order valence-electron chi connectivity index (χ2n) is 5.88. The van der Waals surface area contributed by atoms with Gasteiger partial charge in [0.1, 0.15) is 0 Å². The summed E-state index contributed by atoms with van der Waals surface area (Å²) in [5.41, 5.74) is 4.64. The quantitative estimate of drug-likeness (QED) is 0.620. The van der Waals surface area contributed by atoms with Gasteiger partial charge in [0, 0.05) is 13.1 Å². The van der Waals surface area contributed by atoms with Crippen LogP contribution in [0.25, 0.3) is 0 Å². The van der Waals surface area contributed by atoms with E-state index < -0.39 is 23.7 Å². The lowest BCUT2D eigenvalue weighted by atomic mass is 9.93. The molecule has 1 heterocycles. The van der Waals surface area contributed by atoms with Crippen molar-refractivity contribution in [1.82, 2.24) is 4.90 Å². The van der Waals surface area contributed by atoms with Crippen molar-refractivity contribution in [2.75, 3.05) is 13.1 Å². The van der Waals surface area contributed by atoms with Crippen molar-refractivity contribution >= 4 is 5.91 Å². The lowest BCUT2D eigenvalue weighted by molar-refractivity contribution is -0.123. The van der Waals surface area contributed by atoms with E-state index >= 15 is 0 Å². The number of aliphatic hydroxyl groups excluding tert-OH is 1. The first-order valence-corrected chi connectivity index (χ1v) is 6.94. The largest absolute Gasteiger partial charge is 0.392 e. The highest BCUT2D eigenvalue weighted by atomic mass is 16.3. The van der Waals surface area contributed by atoms with Gasteiger partial charge in [-0.1, -0.05) is 25.7 Å². The van der Waals surface area contributed by atoms with Gasteiger partial charge >= 0.3 is 0 Å². The minimum atomic E-state index is -0.714. The number of carbonyl (C=O) groups excluding carboxylic acids is 1. The molecule has 1 aliphatic carbocycles. The number of β-amino-alcohol motifs (C(OH)–C–C–N with tert-alkyl or cyclic N) is 2. The van der Waals surface area contributed by atoms with Gasteiger partial charge in [-0.3, -0.25) is 9.69 Å². The van der Waals surface area contributed by atoms with Crippen LogP contribution in [0.2, 0.25) is 0 Å². The monoisotopic (exact) mass is 256 g/mol. The summed E-state index contributed by atoms with van der Waals surface area (Å²) in [6.07, 6.45) is 5.87. The first-order chi connectivity index (χ1) is 8.50. The maximum absolute atomic E-state index is 11.4. The molecular weight excluding hydrogens is 232 g/mol. The molecule has 0 aromatic carbocycles. The number of amides is 1. The lowest BCUT2D eigenvalue weighted by Crippen LogP contribution is -2.48. The van der Waals surface area contributed by atoms with Crippen molar-refractivity contribution < 1.29 is 15.0 Å². The Morgan fingerprint density at radius 1 is 1.28 bits per heavy atom. The van der Waals surface area contributed by atoms with Gasteiger partial charge in [-0.2, -0.15) is 0 Å². The molecule has 0 unspecified atom stereocenters. The summed E-state index contributed by atoms with van der Waals surface area (Å²) >= 11 is 0. The van der Waals surface area contributed by atoms with Crippen LogP contribution in [0, 0.1) is 0 Å². The average Bonchev–Trinajstić information content (AvgIpc) is 2.51. The minimum Gasteiger partial charge on any atom is -0.392 e. The van der Waals surface area contributed by atoms with Crippen LogP contribution in [-0.4, -0.2) is 51.9 Å². The summed E-state index contributed by atoms with van der Waals surface area (Å²) in [5.74, 6) is -0.399. The molecule has 1 saturated heterocycles. The van der Waals surface area contributed by atoms with Gasteiger partial charge in [0.2, 0.25) is 5.91 Å². The number of aliphatic hydroxyl groups is 2. The highest BCUT2D eigenvalue weighted by Gasteiger charge is 2.39. The zero-order valence-electron chi connectivity index (χ0n) is 10.8. The highest BCUT2D eigenvalue weighted by molar-refractivity contribution is 5.80. The predicted molar refractivity (Wildman–Crippen MR) is 67.8 cm³/mol. The molecule has 2 atom stereocenters. The summed E-state index contributed by atoms with van der Waals surface area (Å²) in [7, 11) is 0. The van der Waals surface area contributed by atoms with Crippen molar-refractivity contribution in [2.45, 2.75) is 62.7 Å². The van der Waals surface area contributed by atoms with E-state index in [4.69, 9.17) is 5.73 Å². The summed E-state index contributed by atoms with van der Waals surface area (Å²) < 4.78 is 0. The normalized spacial score (nSPS) is 33.2. The number of carbonyl (C=O) groups is 1. The van der Waals surface area contributed by atoms with Crippen LogP contribution in [0.4, 0.5) is 0 Å². The Bertz CT molecular complexity index is 301. The van der Waals surface area contributed by atoms with Crippen molar-refractivity contribution in [3.05, 3.63) is 0 Å². The highest BCUT2D eigenvalue weighted by Crippen LogP contribution is 2.30. The molecule has 1 saturated carbocycles. The fraction of sp³-hybridized carbons (Fsp3) is 0.923. The molecule has 0 aromatic rings. The van der Waals surface area contributed by atoms with Crippen LogP contribution in [0.3, 0.4) is 0 Å². The Morgan fingerprint density at radius 2 is 1.89 bits per heavy atom. The Balaban J connectivity index is 2.00. The molecule has 1 amide bonds. The Morgan fingerprint density at radius 3 is 2.44 bits per heavy atom. The number of hydrogen-bond acceptors (Lipinski definition) is 4. The summed E-state index contributed by atoms with van der Waals surface area (Å²) in [4.78, 5) is 13.2. The molecule has 2 fully saturated rings. The van der Waals surface area contributed by atoms with Gasteiger partial charge in [0.25, 0.3) is 0 Å². The number of likely N-dealkylation sites (tertiary alicyclic amines) is 1. The van der Waals surface area contributed by atoms with Gasteiger partial charge in [-0.05, 0) is 19.3 Å². The Kier molecular flexibility index (Phi) is 4.25. The van der Waals surface area contributed by atoms with Gasteiger partial charge in [-0.25, -0.2) is 0 Å². The summed E-state index contributed by atoms with van der Waals surface area (Å²) in [6.45, 7) is 0.896. The third-order valence-electron chi connectivity index (χ3n) is 4.24. The molecule has 104 valence electrons. The number of hydrogen-bond donors (Lipinski definition) is 3. The van der Waals surface area contributed by atoms with E-state index in [0.29, 0.717) is 19.5 Å². The fourth-order valence-electron chi connectivity index (χ4n) is 3.27. The zero-order valence-corrected chi connectivity index (χ0v) is 10.8. The standard InChI is InChI=1S/C13H24N2O3/c14-12(17)11-7-10(16)8-15(11)9-13(18)5-3-1-2-4-6-13/h10-11,16,18H,1-9H2,(H2,14,17)/t10-,11+/m1/s1. The molecule has 18 heavy (non-hydrogen) atoms. The molecule has 0 aromatic heterocycles. The van der Waals surface area contributed by atoms with Crippen LogP contribution in [0.1, 0.15) is 44.9 Å². The van der Waals surface area contributed by atoms with Crippen LogP contribution in [0.15, 0.2) is 0 Å².